The Morgan fingerprint density at radius 1 is 1.47 bits per heavy atom. The van der Waals surface area contributed by atoms with Gasteiger partial charge in [0.05, 0.1) is 5.92 Å². The van der Waals surface area contributed by atoms with Gasteiger partial charge in [-0.05, 0) is 30.7 Å². The molecule has 0 bridgehead atoms. The molecule has 1 N–H and O–H groups in total. The van der Waals surface area contributed by atoms with Crippen LogP contribution in [0.15, 0.2) is 12.1 Å². The average Bonchev–Trinajstić information content (AvgIpc) is 2.78. The van der Waals surface area contributed by atoms with Crippen molar-refractivity contribution in [3.05, 3.63) is 28.0 Å². The predicted molar refractivity (Wildman–Crippen MR) is 65.0 cm³/mol. The van der Waals surface area contributed by atoms with Gasteiger partial charge in [-0.3, -0.25) is 4.79 Å². The third-order valence-corrected chi connectivity index (χ3v) is 2.98. The lowest BCUT2D eigenvalue weighted by atomic mass is 10.1. The molecule has 2 heterocycles. The van der Waals surface area contributed by atoms with Crippen molar-refractivity contribution < 1.29 is 9.53 Å². The van der Waals surface area contributed by atoms with E-state index in [0.717, 1.165) is 18.5 Å². The number of carbonyl (C=O) groups is 1. The Kier molecular flexibility index (Phi) is 4.20. The highest BCUT2D eigenvalue weighted by Gasteiger charge is 2.23. The highest BCUT2D eigenvalue weighted by molar-refractivity contribution is 6.32. The summed E-state index contributed by atoms with van der Waals surface area (Å²) in [7, 11) is 0. The molecule has 0 aromatic carbocycles. The van der Waals surface area contributed by atoms with Crippen LogP contribution in [-0.4, -0.2) is 24.0 Å². The van der Waals surface area contributed by atoms with Crippen molar-refractivity contribution in [3.63, 3.8) is 0 Å². The Hall–Kier alpha value is -0.840. The van der Waals surface area contributed by atoms with Gasteiger partial charge < -0.3 is 10.1 Å². The van der Waals surface area contributed by atoms with Crippen molar-refractivity contribution in [3.8, 4) is 0 Å². The standard InChI is InChI=1S/C11H12Cl2N2O2/c12-9-3-7(4-10(13)15-9)6-17-11(16)8-1-2-14-5-8/h3-4,8,14H,1-2,5-6H2/t8-/m0/s1. The van der Waals surface area contributed by atoms with E-state index in [1.807, 2.05) is 0 Å². The molecule has 0 saturated carbocycles. The van der Waals surface area contributed by atoms with Crippen LogP contribution >= 0.6 is 23.2 Å². The van der Waals surface area contributed by atoms with Crippen LogP contribution in [0.2, 0.25) is 10.3 Å². The maximum absolute atomic E-state index is 11.6. The zero-order valence-electron chi connectivity index (χ0n) is 9.08. The quantitative estimate of drug-likeness (QED) is 0.677. The smallest absolute Gasteiger partial charge is 0.310 e. The molecule has 0 unspecified atom stereocenters. The van der Waals surface area contributed by atoms with Crippen LogP contribution in [0.5, 0.6) is 0 Å². The van der Waals surface area contributed by atoms with Crippen LogP contribution < -0.4 is 5.32 Å². The summed E-state index contributed by atoms with van der Waals surface area (Å²) in [6.45, 7) is 1.74. The molecular formula is C11H12Cl2N2O2. The fourth-order valence-electron chi connectivity index (χ4n) is 1.73. The Morgan fingerprint density at radius 3 is 2.76 bits per heavy atom. The molecular weight excluding hydrogens is 263 g/mol. The number of nitrogens with zero attached hydrogens (tertiary/aromatic N) is 1. The first-order valence-corrected chi connectivity index (χ1v) is 6.10. The Bertz CT molecular complexity index is 400. The highest BCUT2D eigenvalue weighted by atomic mass is 35.5. The molecule has 1 aliphatic heterocycles. The van der Waals surface area contributed by atoms with E-state index < -0.39 is 0 Å². The molecule has 0 amide bonds. The van der Waals surface area contributed by atoms with Crippen molar-refractivity contribution >= 4 is 29.2 Å². The van der Waals surface area contributed by atoms with Crippen LogP contribution in [0.25, 0.3) is 0 Å². The molecule has 92 valence electrons. The minimum atomic E-state index is -0.181. The van der Waals surface area contributed by atoms with Crippen LogP contribution in [0.1, 0.15) is 12.0 Å². The van der Waals surface area contributed by atoms with Crippen LogP contribution in [-0.2, 0) is 16.1 Å². The number of aromatic nitrogens is 1. The van der Waals surface area contributed by atoms with Gasteiger partial charge in [0, 0.05) is 6.54 Å². The van der Waals surface area contributed by atoms with E-state index in [1.54, 1.807) is 12.1 Å². The summed E-state index contributed by atoms with van der Waals surface area (Å²) in [4.78, 5) is 15.5. The van der Waals surface area contributed by atoms with Gasteiger partial charge >= 0.3 is 5.97 Å². The minimum absolute atomic E-state index is 0.0391. The van der Waals surface area contributed by atoms with E-state index in [4.69, 9.17) is 27.9 Å². The first-order chi connectivity index (χ1) is 8.15. The van der Waals surface area contributed by atoms with Crippen molar-refractivity contribution in [1.82, 2.24) is 10.3 Å². The number of nitrogens with one attached hydrogen (secondary N) is 1. The number of esters is 1. The van der Waals surface area contributed by atoms with Crippen molar-refractivity contribution in [2.75, 3.05) is 13.1 Å². The maximum atomic E-state index is 11.6. The molecule has 1 atom stereocenters. The summed E-state index contributed by atoms with van der Waals surface area (Å²) in [6, 6.07) is 3.27. The fourth-order valence-corrected chi connectivity index (χ4v) is 2.23. The van der Waals surface area contributed by atoms with E-state index in [2.05, 4.69) is 10.3 Å². The van der Waals surface area contributed by atoms with E-state index in [1.165, 1.54) is 0 Å². The van der Waals surface area contributed by atoms with Crippen molar-refractivity contribution in [2.45, 2.75) is 13.0 Å². The second kappa shape index (κ2) is 5.67. The topological polar surface area (TPSA) is 51.2 Å². The van der Waals surface area contributed by atoms with Crippen LogP contribution in [0, 0.1) is 5.92 Å². The molecule has 17 heavy (non-hydrogen) atoms. The minimum Gasteiger partial charge on any atom is -0.461 e. The lowest BCUT2D eigenvalue weighted by Gasteiger charge is -2.09. The summed E-state index contributed by atoms with van der Waals surface area (Å²) >= 11 is 11.5. The number of ether oxygens (including phenoxy) is 1. The fraction of sp³-hybridized carbons (Fsp3) is 0.455. The Morgan fingerprint density at radius 2 is 2.18 bits per heavy atom. The maximum Gasteiger partial charge on any atom is 0.310 e. The second-order valence-electron chi connectivity index (χ2n) is 3.92. The van der Waals surface area contributed by atoms with Gasteiger partial charge in [0.25, 0.3) is 0 Å². The molecule has 1 aliphatic rings. The van der Waals surface area contributed by atoms with Crippen molar-refractivity contribution in [1.29, 1.82) is 0 Å². The molecule has 0 spiro atoms. The monoisotopic (exact) mass is 274 g/mol. The van der Waals surface area contributed by atoms with Gasteiger partial charge in [-0.1, -0.05) is 23.2 Å². The molecule has 2 rings (SSSR count). The van der Waals surface area contributed by atoms with Gasteiger partial charge in [-0.15, -0.1) is 0 Å². The van der Waals surface area contributed by atoms with Gasteiger partial charge in [0.2, 0.25) is 0 Å². The number of hydrogen-bond donors (Lipinski definition) is 1. The predicted octanol–water partition coefficient (Wildman–Crippen LogP) is 2.04. The molecule has 4 nitrogen and oxygen atoms in total. The Labute approximate surface area is 109 Å². The van der Waals surface area contributed by atoms with Gasteiger partial charge in [0.15, 0.2) is 0 Å². The third kappa shape index (κ3) is 3.56. The Balaban J connectivity index is 1.90. The summed E-state index contributed by atoms with van der Waals surface area (Å²) in [6.07, 6.45) is 0.830. The zero-order chi connectivity index (χ0) is 12.3. The average molecular weight is 275 g/mol. The van der Waals surface area contributed by atoms with E-state index in [9.17, 15) is 4.79 Å². The summed E-state index contributed by atoms with van der Waals surface area (Å²) < 4.78 is 5.20. The first kappa shape index (κ1) is 12.6. The molecule has 1 saturated heterocycles. The van der Waals surface area contributed by atoms with Gasteiger partial charge in [-0.2, -0.15) is 0 Å². The number of pyridine rings is 1. The number of hydrogen-bond acceptors (Lipinski definition) is 4. The molecule has 6 heteroatoms. The molecule has 1 fully saturated rings. The normalized spacial score (nSPS) is 19.3. The van der Waals surface area contributed by atoms with E-state index in [-0.39, 0.29) is 18.5 Å². The molecule has 1 aromatic rings. The highest BCUT2D eigenvalue weighted by Crippen LogP contribution is 2.16. The number of halogens is 2. The molecule has 1 aromatic heterocycles. The van der Waals surface area contributed by atoms with Crippen LogP contribution in [0.4, 0.5) is 0 Å². The van der Waals surface area contributed by atoms with Gasteiger partial charge in [-0.25, -0.2) is 4.98 Å². The molecule has 0 aliphatic carbocycles. The summed E-state index contributed by atoms with van der Waals surface area (Å²) in [5.41, 5.74) is 0.745. The van der Waals surface area contributed by atoms with E-state index >= 15 is 0 Å². The largest absolute Gasteiger partial charge is 0.461 e. The summed E-state index contributed by atoms with van der Waals surface area (Å²) in [5.74, 6) is -0.221. The van der Waals surface area contributed by atoms with Gasteiger partial charge in [0.1, 0.15) is 16.9 Å². The lowest BCUT2D eigenvalue weighted by Crippen LogP contribution is -2.20. The SMILES string of the molecule is O=C(OCc1cc(Cl)nc(Cl)c1)[C@H]1CCNC1. The number of carbonyl (C=O) groups excluding carboxylic acids is 1. The number of rotatable bonds is 3. The van der Waals surface area contributed by atoms with Crippen LogP contribution in [0.3, 0.4) is 0 Å². The van der Waals surface area contributed by atoms with E-state index in [0.29, 0.717) is 16.9 Å². The lowest BCUT2D eigenvalue weighted by molar-refractivity contribution is -0.149. The summed E-state index contributed by atoms with van der Waals surface area (Å²) in [5, 5.41) is 3.71. The third-order valence-electron chi connectivity index (χ3n) is 2.60. The van der Waals surface area contributed by atoms with Crippen molar-refractivity contribution in [2.24, 2.45) is 5.92 Å². The first-order valence-electron chi connectivity index (χ1n) is 5.34. The zero-order valence-corrected chi connectivity index (χ0v) is 10.6. The second-order valence-corrected chi connectivity index (χ2v) is 4.69. The molecule has 0 radical (unpaired) electrons.